The highest BCUT2D eigenvalue weighted by Gasteiger charge is 2.20. The SMILES string of the molecule is CCNC(=NCCn1cccn1)N1CCN(c2cccs2)CC1.I. The van der Waals surface area contributed by atoms with E-state index in [0.29, 0.717) is 0 Å². The number of nitrogens with one attached hydrogen (secondary N) is 1. The minimum atomic E-state index is 0. The van der Waals surface area contributed by atoms with E-state index in [1.165, 1.54) is 5.00 Å². The van der Waals surface area contributed by atoms with Gasteiger partial charge in [0.1, 0.15) is 0 Å². The topological polar surface area (TPSA) is 48.7 Å². The van der Waals surface area contributed by atoms with Gasteiger partial charge in [-0.1, -0.05) is 0 Å². The quantitative estimate of drug-likeness (QED) is 0.423. The molecule has 3 heterocycles. The van der Waals surface area contributed by atoms with Gasteiger partial charge in [-0.15, -0.1) is 35.3 Å². The molecule has 0 saturated carbocycles. The molecule has 2 aromatic rings. The second-order valence-electron chi connectivity index (χ2n) is 5.43. The second-order valence-corrected chi connectivity index (χ2v) is 6.36. The first kappa shape index (κ1) is 19.0. The van der Waals surface area contributed by atoms with Crippen LogP contribution in [0.4, 0.5) is 5.00 Å². The first-order valence-corrected chi connectivity index (χ1v) is 9.04. The third-order valence-corrected chi connectivity index (χ3v) is 4.81. The number of halogens is 1. The molecule has 132 valence electrons. The Morgan fingerprint density at radius 1 is 1.29 bits per heavy atom. The Morgan fingerprint density at radius 2 is 2.12 bits per heavy atom. The molecule has 0 aliphatic carbocycles. The zero-order valence-corrected chi connectivity index (χ0v) is 17.1. The number of rotatable bonds is 5. The number of aromatic nitrogens is 2. The first-order chi connectivity index (χ1) is 11.4. The van der Waals surface area contributed by atoms with E-state index in [9.17, 15) is 0 Å². The number of hydrogen-bond donors (Lipinski definition) is 1. The zero-order chi connectivity index (χ0) is 15.9. The smallest absolute Gasteiger partial charge is 0.194 e. The van der Waals surface area contributed by atoms with E-state index in [2.05, 4.69) is 44.7 Å². The largest absolute Gasteiger partial charge is 0.360 e. The molecule has 0 radical (unpaired) electrons. The van der Waals surface area contributed by atoms with Crippen molar-refractivity contribution >= 4 is 46.3 Å². The molecular formula is C16H25IN6S. The lowest BCUT2D eigenvalue weighted by Gasteiger charge is -2.37. The third-order valence-electron chi connectivity index (χ3n) is 3.88. The molecule has 0 bridgehead atoms. The van der Waals surface area contributed by atoms with Crippen molar-refractivity contribution in [2.24, 2.45) is 4.99 Å². The molecule has 1 N–H and O–H groups in total. The molecule has 0 amide bonds. The number of aliphatic imine (C=N–C) groups is 1. The van der Waals surface area contributed by atoms with E-state index < -0.39 is 0 Å². The monoisotopic (exact) mass is 460 g/mol. The van der Waals surface area contributed by atoms with Crippen LogP contribution in [0.25, 0.3) is 0 Å². The fourth-order valence-corrected chi connectivity index (χ4v) is 3.49. The zero-order valence-electron chi connectivity index (χ0n) is 14.0. The molecule has 1 saturated heterocycles. The van der Waals surface area contributed by atoms with Gasteiger partial charge >= 0.3 is 0 Å². The molecule has 0 spiro atoms. The molecule has 0 atom stereocenters. The number of thiophene rings is 1. The van der Waals surface area contributed by atoms with Gasteiger partial charge in [0.25, 0.3) is 0 Å². The molecule has 6 nitrogen and oxygen atoms in total. The van der Waals surface area contributed by atoms with E-state index in [-0.39, 0.29) is 24.0 Å². The summed E-state index contributed by atoms with van der Waals surface area (Å²) in [5.41, 5.74) is 0. The van der Waals surface area contributed by atoms with Crippen molar-refractivity contribution < 1.29 is 0 Å². The molecule has 24 heavy (non-hydrogen) atoms. The average Bonchev–Trinajstić information content (AvgIpc) is 3.28. The minimum absolute atomic E-state index is 0. The van der Waals surface area contributed by atoms with Crippen molar-refractivity contribution in [3.8, 4) is 0 Å². The molecule has 2 aromatic heterocycles. The van der Waals surface area contributed by atoms with Crippen molar-refractivity contribution in [1.82, 2.24) is 20.0 Å². The van der Waals surface area contributed by atoms with Gasteiger partial charge in [-0.3, -0.25) is 9.67 Å². The minimum Gasteiger partial charge on any atom is -0.360 e. The van der Waals surface area contributed by atoms with E-state index in [1.54, 1.807) is 6.20 Å². The number of piperazine rings is 1. The number of anilines is 1. The standard InChI is InChI=1S/C16H24N6S.HI/c1-2-17-16(18-7-9-22-8-4-6-19-22)21-12-10-20(11-13-21)15-5-3-14-23-15;/h3-6,8,14H,2,7,9-13H2,1H3,(H,17,18);1H. The lowest BCUT2D eigenvalue weighted by Crippen LogP contribution is -2.52. The van der Waals surface area contributed by atoms with Crippen LogP contribution >= 0.6 is 35.3 Å². The Morgan fingerprint density at radius 3 is 2.75 bits per heavy atom. The van der Waals surface area contributed by atoms with Gasteiger partial charge in [-0.25, -0.2) is 0 Å². The Labute approximate surface area is 164 Å². The highest BCUT2D eigenvalue weighted by molar-refractivity contribution is 14.0. The fourth-order valence-electron chi connectivity index (χ4n) is 2.71. The molecule has 1 aliphatic rings. The molecule has 8 heteroatoms. The van der Waals surface area contributed by atoms with Crippen molar-refractivity contribution in [1.29, 1.82) is 0 Å². The fraction of sp³-hybridized carbons (Fsp3) is 0.500. The van der Waals surface area contributed by atoms with E-state index in [4.69, 9.17) is 4.99 Å². The van der Waals surface area contributed by atoms with Gasteiger partial charge < -0.3 is 15.1 Å². The van der Waals surface area contributed by atoms with Crippen molar-refractivity contribution in [2.45, 2.75) is 13.5 Å². The summed E-state index contributed by atoms with van der Waals surface area (Å²) in [6.45, 7) is 8.67. The highest BCUT2D eigenvalue weighted by atomic mass is 127. The second kappa shape index (κ2) is 9.87. The summed E-state index contributed by atoms with van der Waals surface area (Å²) in [7, 11) is 0. The van der Waals surface area contributed by atoms with Crippen LogP contribution in [-0.4, -0.2) is 59.9 Å². The first-order valence-electron chi connectivity index (χ1n) is 8.16. The number of guanidine groups is 1. The molecule has 1 fully saturated rings. The summed E-state index contributed by atoms with van der Waals surface area (Å²) >= 11 is 1.81. The highest BCUT2D eigenvalue weighted by Crippen LogP contribution is 2.22. The molecule has 0 unspecified atom stereocenters. The van der Waals surface area contributed by atoms with Crippen molar-refractivity contribution in [2.75, 3.05) is 44.2 Å². The summed E-state index contributed by atoms with van der Waals surface area (Å²) < 4.78 is 1.92. The van der Waals surface area contributed by atoms with Crippen LogP contribution in [0.5, 0.6) is 0 Å². The van der Waals surface area contributed by atoms with Crippen LogP contribution in [0.1, 0.15) is 6.92 Å². The number of nitrogens with zero attached hydrogens (tertiary/aromatic N) is 5. The lowest BCUT2D eigenvalue weighted by atomic mass is 10.3. The van der Waals surface area contributed by atoms with Crippen LogP contribution < -0.4 is 10.2 Å². The van der Waals surface area contributed by atoms with Gasteiger partial charge in [0.05, 0.1) is 18.1 Å². The van der Waals surface area contributed by atoms with Crippen LogP contribution in [0.3, 0.4) is 0 Å². The average molecular weight is 460 g/mol. The lowest BCUT2D eigenvalue weighted by molar-refractivity contribution is 0.373. The van der Waals surface area contributed by atoms with Gasteiger partial charge in [0.2, 0.25) is 0 Å². The number of hydrogen-bond acceptors (Lipinski definition) is 4. The predicted octanol–water partition coefficient (Wildman–Crippen LogP) is 2.35. The van der Waals surface area contributed by atoms with E-state index in [1.807, 2.05) is 28.3 Å². The summed E-state index contributed by atoms with van der Waals surface area (Å²) in [4.78, 5) is 9.57. The van der Waals surface area contributed by atoms with Gasteiger partial charge in [0.15, 0.2) is 5.96 Å². The maximum absolute atomic E-state index is 4.75. The molecular weight excluding hydrogens is 435 g/mol. The summed E-state index contributed by atoms with van der Waals surface area (Å²) in [5, 5.41) is 11.1. The van der Waals surface area contributed by atoms with Gasteiger partial charge in [0, 0.05) is 45.1 Å². The van der Waals surface area contributed by atoms with E-state index >= 15 is 0 Å². The van der Waals surface area contributed by atoms with Gasteiger partial charge in [-0.05, 0) is 30.5 Å². The Bertz CT molecular complexity index is 590. The maximum atomic E-state index is 4.75. The molecule has 1 aliphatic heterocycles. The Balaban J connectivity index is 0.00000208. The summed E-state index contributed by atoms with van der Waals surface area (Å²) in [6.07, 6.45) is 3.78. The van der Waals surface area contributed by atoms with Crippen LogP contribution in [0, 0.1) is 0 Å². The predicted molar refractivity (Wildman–Crippen MR) is 112 cm³/mol. The van der Waals surface area contributed by atoms with Gasteiger partial charge in [-0.2, -0.15) is 5.10 Å². The normalized spacial score (nSPS) is 15.3. The summed E-state index contributed by atoms with van der Waals surface area (Å²) in [6, 6.07) is 6.26. The maximum Gasteiger partial charge on any atom is 0.194 e. The summed E-state index contributed by atoms with van der Waals surface area (Å²) in [5.74, 6) is 1.02. The van der Waals surface area contributed by atoms with Crippen molar-refractivity contribution in [3.63, 3.8) is 0 Å². The molecule has 0 aromatic carbocycles. The van der Waals surface area contributed by atoms with Crippen LogP contribution in [0.15, 0.2) is 41.0 Å². The molecule has 3 rings (SSSR count). The Kier molecular flexibility index (Phi) is 7.83. The van der Waals surface area contributed by atoms with Crippen molar-refractivity contribution in [3.05, 3.63) is 36.0 Å². The van der Waals surface area contributed by atoms with E-state index in [0.717, 1.165) is 51.8 Å². The van der Waals surface area contributed by atoms with Crippen LogP contribution in [-0.2, 0) is 6.54 Å². The van der Waals surface area contributed by atoms with Crippen LogP contribution in [0.2, 0.25) is 0 Å². The third kappa shape index (κ3) is 5.10. The Hall–Kier alpha value is -1.29.